The van der Waals surface area contributed by atoms with Crippen molar-refractivity contribution < 1.29 is 0 Å². The van der Waals surface area contributed by atoms with Gasteiger partial charge >= 0.3 is 0 Å². The average Bonchev–Trinajstić information content (AvgIpc) is 3.07. The van der Waals surface area contributed by atoms with Crippen molar-refractivity contribution in [3.63, 3.8) is 0 Å². The number of benzene rings is 2. The summed E-state index contributed by atoms with van der Waals surface area (Å²) in [6, 6.07) is 22.2. The average molecular weight is 296 g/mol. The lowest BCUT2D eigenvalue weighted by atomic mass is 10.0. The van der Waals surface area contributed by atoms with Crippen molar-refractivity contribution in [2.45, 2.75) is 38.5 Å². The lowest BCUT2D eigenvalue weighted by Gasteiger charge is -2.19. The molecule has 3 rings (SSSR count). The van der Waals surface area contributed by atoms with E-state index >= 15 is 0 Å². The van der Waals surface area contributed by atoms with Gasteiger partial charge in [0.05, 0.1) is 0 Å². The Morgan fingerprint density at radius 2 is 1.29 bits per heavy atom. The first-order chi connectivity index (χ1) is 10.4. The first kappa shape index (κ1) is 14.8. The van der Waals surface area contributed by atoms with Gasteiger partial charge in [-0.25, -0.2) is 0 Å². The van der Waals surface area contributed by atoms with E-state index in [0.717, 1.165) is 5.92 Å². The normalized spacial score (nSPS) is 15.7. The minimum atomic E-state index is -0.171. The van der Waals surface area contributed by atoms with Gasteiger partial charge in [0, 0.05) is 0 Å². The van der Waals surface area contributed by atoms with Crippen molar-refractivity contribution in [2.24, 2.45) is 5.92 Å². The van der Waals surface area contributed by atoms with Crippen LogP contribution >= 0.6 is 7.92 Å². The third-order valence-corrected chi connectivity index (χ3v) is 7.21. The summed E-state index contributed by atoms with van der Waals surface area (Å²) in [5.74, 6) is 1.02. The van der Waals surface area contributed by atoms with Gasteiger partial charge in [-0.3, -0.25) is 0 Å². The third-order valence-electron chi connectivity index (χ3n) is 4.60. The van der Waals surface area contributed by atoms with Gasteiger partial charge in [0.1, 0.15) is 0 Å². The molecule has 0 aliphatic heterocycles. The van der Waals surface area contributed by atoms with Gasteiger partial charge in [-0.05, 0) is 37.0 Å². The number of rotatable bonds is 6. The van der Waals surface area contributed by atoms with Crippen LogP contribution in [0.1, 0.15) is 38.5 Å². The summed E-state index contributed by atoms with van der Waals surface area (Å²) < 4.78 is 0. The highest BCUT2D eigenvalue weighted by Crippen LogP contribution is 2.36. The Hall–Kier alpha value is -1.13. The molecule has 0 N–H and O–H groups in total. The minimum Gasteiger partial charge on any atom is -0.0622 e. The van der Waals surface area contributed by atoms with E-state index in [2.05, 4.69) is 60.7 Å². The summed E-state index contributed by atoms with van der Waals surface area (Å²) in [6.45, 7) is 0. The standard InChI is InChI=1S/C20H25P/c1-3-13-19(14-4-1)21(20-15-5-2-6-16-20)17-9-12-18-10-7-8-11-18/h1-6,13-16,18H,7-12,17H2. The second-order valence-corrected chi connectivity index (χ2v) is 8.45. The maximum absolute atomic E-state index is 2.31. The maximum atomic E-state index is 2.31. The quantitative estimate of drug-likeness (QED) is 0.651. The molecule has 110 valence electrons. The van der Waals surface area contributed by atoms with Gasteiger partial charge in [-0.2, -0.15) is 0 Å². The van der Waals surface area contributed by atoms with E-state index in [-0.39, 0.29) is 7.92 Å². The van der Waals surface area contributed by atoms with Gasteiger partial charge in [0.25, 0.3) is 0 Å². The minimum absolute atomic E-state index is 0.171. The molecule has 1 fully saturated rings. The Bertz CT molecular complexity index is 475. The molecule has 1 saturated carbocycles. The van der Waals surface area contributed by atoms with Gasteiger partial charge in [-0.15, -0.1) is 0 Å². The zero-order valence-electron chi connectivity index (χ0n) is 12.7. The molecule has 0 nitrogen and oxygen atoms in total. The van der Waals surface area contributed by atoms with Crippen LogP contribution in [0.15, 0.2) is 60.7 Å². The van der Waals surface area contributed by atoms with Crippen LogP contribution in [-0.4, -0.2) is 6.16 Å². The highest BCUT2D eigenvalue weighted by atomic mass is 31.1. The Labute approximate surface area is 130 Å². The first-order valence-corrected chi connectivity index (χ1v) is 9.84. The van der Waals surface area contributed by atoms with Crippen molar-refractivity contribution >= 4 is 18.5 Å². The fourth-order valence-corrected chi connectivity index (χ4v) is 5.84. The Morgan fingerprint density at radius 1 is 0.762 bits per heavy atom. The van der Waals surface area contributed by atoms with E-state index in [9.17, 15) is 0 Å². The maximum Gasteiger partial charge on any atom is -0.0195 e. The van der Waals surface area contributed by atoms with Crippen molar-refractivity contribution in [3.8, 4) is 0 Å². The van der Waals surface area contributed by atoms with E-state index < -0.39 is 0 Å². The predicted molar refractivity (Wildman–Crippen MR) is 95.1 cm³/mol. The molecule has 1 heteroatoms. The van der Waals surface area contributed by atoms with E-state index in [0.29, 0.717) is 0 Å². The van der Waals surface area contributed by atoms with Crippen molar-refractivity contribution in [2.75, 3.05) is 6.16 Å². The van der Waals surface area contributed by atoms with E-state index in [1.807, 2.05) is 0 Å². The molecular weight excluding hydrogens is 271 g/mol. The number of hydrogen-bond donors (Lipinski definition) is 0. The molecule has 0 unspecified atom stereocenters. The first-order valence-electron chi connectivity index (χ1n) is 8.31. The van der Waals surface area contributed by atoms with Gasteiger partial charge in [0.15, 0.2) is 0 Å². The molecule has 1 aliphatic carbocycles. The second-order valence-electron chi connectivity index (χ2n) is 6.12. The summed E-state index contributed by atoms with van der Waals surface area (Å²) in [5, 5.41) is 3.07. The monoisotopic (exact) mass is 296 g/mol. The van der Waals surface area contributed by atoms with Crippen LogP contribution in [0.4, 0.5) is 0 Å². The molecule has 0 atom stereocenters. The molecule has 2 aromatic carbocycles. The van der Waals surface area contributed by atoms with Gasteiger partial charge < -0.3 is 0 Å². The topological polar surface area (TPSA) is 0 Å². The zero-order chi connectivity index (χ0) is 14.3. The van der Waals surface area contributed by atoms with Crippen LogP contribution in [0.2, 0.25) is 0 Å². The van der Waals surface area contributed by atoms with Crippen LogP contribution in [0.5, 0.6) is 0 Å². The number of hydrogen-bond acceptors (Lipinski definition) is 0. The van der Waals surface area contributed by atoms with Gasteiger partial charge in [-0.1, -0.05) is 92.8 Å². The zero-order valence-corrected chi connectivity index (χ0v) is 13.6. The SMILES string of the molecule is c1ccc(P(CCCC2CCCC2)c2ccccc2)cc1. The lowest BCUT2D eigenvalue weighted by molar-refractivity contribution is 0.498. The van der Waals surface area contributed by atoms with Gasteiger partial charge in [0.2, 0.25) is 0 Å². The fraction of sp³-hybridized carbons (Fsp3) is 0.400. The largest absolute Gasteiger partial charge is 0.0622 e. The van der Waals surface area contributed by atoms with Crippen LogP contribution in [0, 0.1) is 5.92 Å². The summed E-state index contributed by atoms with van der Waals surface area (Å²) >= 11 is 0. The van der Waals surface area contributed by atoms with Crippen LogP contribution in [0.3, 0.4) is 0 Å². The van der Waals surface area contributed by atoms with E-state index in [1.54, 1.807) is 0 Å². The molecule has 21 heavy (non-hydrogen) atoms. The Balaban J connectivity index is 1.67. The molecule has 0 bridgehead atoms. The molecular formula is C20H25P. The summed E-state index contributed by atoms with van der Waals surface area (Å²) in [6.07, 6.45) is 10.1. The summed E-state index contributed by atoms with van der Waals surface area (Å²) in [4.78, 5) is 0. The van der Waals surface area contributed by atoms with E-state index in [1.165, 1.54) is 55.3 Å². The van der Waals surface area contributed by atoms with Crippen molar-refractivity contribution in [1.82, 2.24) is 0 Å². The Kier molecular flexibility index (Phi) is 5.46. The smallest absolute Gasteiger partial charge is 0.0195 e. The third kappa shape index (κ3) is 4.17. The second kappa shape index (κ2) is 7.76. The highest BCUT2D eigenvalue weighted by molar-refractivity contribution is 7.73. The molecule has 0 saturated heterocycles. The van der Waals surface area contributed by atoms with Crippen LogP contribution < -0.4 is 10.6 Å². The fourth-order valence-electron chi connectivity index (χ4n) is 3.46. The van der Waals surface area contributed by atoms with Crippen LogP contribution in [0.25, 0.3) is 0 Å². The molecule has 1 aliphatic rings. The molecule has 2 aromatic rings. The molecule has 0 heterocycles. The highest BCUT2D eigenvalue weighted by Gasteiger charge is 2.17. The van der Waals surface area contributed by atoms with Crippen LogP contribution in [-0.2, 0) is 0 Å². The molecule has 0 aromatic heterocycles. The summed E-state index contributed by atoms with van der Waals surface area (Å²) in [7, 11) is -0.171. The van der Waals surface area contributed by atoms with Crippen molar-refractivity contribution in [1.29, 1.82) is 0 Å². The predicted octanol–water partition coefficient (Wildman–Crippen LogP) is 5.09. The summed E-state index contributed by atoms with van der Waals surface area (Å²) in [5.41, 5.74) is 0. The van der Waals surface area contributed by atoms with Crippen molar-refractivity contribution in [3.05, 3.63) is 60.7 Å². The lowest BCUT2D eigenvalue weighted by Crippen LogP contribution is -2.14. The van der Waals surface area contributed by atoms with E-state index in [4.69, 9.17) is 0 Å². The molecule has 0 amide bonds. The Morgan fingerprint density at radius 3 is 1.81 bits per heavy atom. The molecule has 0 spiro atoms. The molecule has 0 radical (unpaired) electrons.